The van der Waals surface area contributed by atoms with E-state index in [0.29, 0.717) is 0 Å². The Kier molecular flexibility index (Phi) is 3.08. The summed E-state index contributed by atoms with van der Waals surface area (Å²) in [6, 6.07) is 1.50. The van der Waals surface area contributed by atoms with Crippen molar-refractivity contribution in [1.82, 2.24) is 19.6 Å². The molecule has 0 fully saturated rings. The number of carbonyl (C=O) groups excluding carboxylic acids is 1. The van der Waals surface area contributed by atoms with Crippen molar-refractivity contribution in [3.8, 4) is 0 Å². The van der Waals surface area contributed by atoms with E-state index in [9.17, 15) is 4.79 Å². The highest BCUT2D eigenvalue weighted by Crippen LogP contribution is 2.15. The lowest BCUT2D eigenvalue weighted by molar-refractivity contribution is 0.237. The molecule has 0 unspecified atom stereocenters. The van der Waals surface area contributed by atoms with Gasteiger partial charge in [-0.25, -0.2) is 4.79 Å². The highest BCUT2D eigenvalue weighted by molar-refractivity contribution is 5.78. The summed E-state index contributed by atoms with van der Waals surface area (Å²) < 4.78 is 2.76. The highest BCUT2D eigenvalue weighted by Gasteiger charge is 2.18. The van der Waals surface area contributed by atoms with Gasteiger partial charge >= 0.3 is 6.03 Å². The van der Waals surface area contributed by atoms with Crippen LogP contribution in [0.25, 0.3) is 0 Å². The molecular weight excluding hydrogens is 216 g/mol. The summed E-state index contributed by atoms with van der Waals surface area (Å²) in [5, 5.41) is 8.30. The number of nitrogens with zero attached hydrogens (tertiary/aromatic N) is 4. The normalized spacial score (nSPS) is 10.8. The molecule has 0 spiro atoms. The van der Waals surface area contributed by atoms with Crippen molar-refractivity contribution in [1.29, 1.82) is 0 Å². The van der Waals surface area contributed by atoms with Crippen molar-refractivity contribution in [3.63, 3.8) is 0 Å². The Hall–Kier alpha value is -1.91. The molecule has 0 N–H and O–H groups in total. The van der Waals surface area contributed by atoms with Gasteiger partial charge in [-0.15, -0.1) is 0 Å². The fourth-order valence-electron chi connectivity index (χ4n) is 1.97. The van der Waals surface area contributed by atoms with E-state index in [-0.39, 0.29) is 6.03 Å². The third-order valence-corrected chi connectivity index (χ3v) is 2.89. The zero-order chi connectivity index (χ0) is 12.4. The van der Waals surface area contributed by atoms with Crippen molar-refractivity contribution in [3.05, 3.63) is 35.4 Å². The van der Waals surface area contributed by atoms with Crippen LogP contribution >= 0.6 is 0 Å². The molecule has 2 rings (SSSR count). The summed E-state index contributed by atoms with van der Waals surface area (Å²) >= 11 is 0. The van der Waals surface area contributed by atoms with Crippen LogP contribution in [0.1, 0.15) is 30.8 Å². The monoisotopic (exact) mass is 232 g/mol. The average Bonchev–Trinajstić information content (AvgIpc) is 2.95. The predicted molar refractivity (Wildman–Crippen MR) is 64.1 cm³/mol. The molecule has 0 atom stereocenters. The maximum absolute atomic E-state index is 12.2. The Bertz CT molecular complexity index is 525. The van der Waals surface area contributed by atoms with Crippen molar-refractivity contribution in [2.45, 2.75) is 33.6 Å². The number of hydrogen-bond acceptors (Lipinski definition) is 3. The van der Waals surface area contributed by atoms with Gasteiger partial charge in [-0.1, -0.05) is 13.8 Å². The van der Waals surface area contributed by atoms with Crippen LogP contribution in [0, 0.1) is 6.92 Å². The Morgan fingerprint density at radius 3 is 2.65 bits per heavy atom. The van der Waals surface area contributed by atoms with Gasteiger partial charge in [-0.05, 0) is 31.4 Å². The molecule has 2 aromatic rings. The highest BCUT2D eigenvalue weighted by atomic mass is 16.2. The minimum Gasteiger partial charge on any atom is -0.244 e. The van der Waals surface area contributed by atoms with E-state index in [4.69, 9.17) is 0 Å². The number of hydrogen-bond donors (Lipinski definition) is 0. The third kappa shape index (κ3) is 1.88. The van der Waals surface area contributed by atoms with Crippen molar-refractivity contribution < 1.29 is 4.79 Å². The molecule has 0 aliphatic carbocycles. The van der Waals surface area contributed by atoms with Gasteiger partial charge < -0.3 is 0 Å². The van der Waals surface area contributed by atoms with Gasteiger partial charge in [0.2, 0.25) is 0 Å². The van der Waals surface area contributed by atoms with Gasteiger partial charge in [0.25, 0.3) is 0 Å². The van der Waals surface area contributed by atoms with Gasteiger partial charge in [0.1, 0.15) is 0 Å². The fraction of sp³-hybridized carbons (Fsp3) is 0.417. The van der Waals surface area contributed by atoms with Gasteiger partial charge in [0.15, 0.2) is 0 Å². The second-order valence-electron chi connectivity index (χ2n) is 3.87. The fourth-order valence-corrected chi connectivity index (χ4v) is 1.97. The molecule has 0 saturated carbocycles. The maximum Gasteiger partial charge on any atom is 0.369 e. The molecule has 0 amide bonds. The Balaban J connectivity index is 2.48. The molecule has 17 heavy (non-hydrogen) atoms. The van der Waals surface area contributed by atoms with Gasteiger partial charge in [0.05, 0.1) is 11.4 Å². The maximum atomic E-state index is 12.2. The van der Waals surface area contributed by atoms with E-state index in [0.717, 1.165) is 29.8 Å². The number of aromatic nitrogens is 4. The quantitative estimate of drug-likeness (QED) is 0.796. The summed E-state index contributed by atoms with van der Waals surface area (Å²) in [6.07, 6.45) is 4.83. The number of aryl methyl sites for hydroxylation is 1. The lowest BCUT2D eigenvalue weighted by atomic mass is 10.1. The standard InChI is InChI=1S/C12H16N4O/c1-4-10-9(3)11(5-2)16(14-10)12(17)15-8-6-7-13-15/h6-8H,4-5H2,1-3H3. The SMILES string of the molecule is CCc1nn(C(=O)n2cccn2)c(CC)c1C. The average molecular weight is 232 g/mol. The molecule has 0 aromatic carbocycles. The van der Waals surface area contributed by atoms with Crippen LogP contribution in [0.2, 0.25) is 0 Å². The predicted octanol–water partition coefficient (Wildman–Crippen LogP) is 2.03. The van der Waals surface area contributed by atoms with E-state index < -0.39 is 0 Å². The Morgan fingerprint density at radius 1 is 1.35 bits per heavy atom. The van der Waals surface area contributed by atoms with E-state index in [1.54, 1.807) is 18.5 Å². The molecular formula is C12H16N4O. The molecule has 0 aliphatic rings. The van der Waals surface area contributed by atoms with E-state index in [1.165, 1.54) is 9.36 Å². The zero-order valence-corrected chi connectivity index (χ0v) is 10.3. The van der Waals surface area contributed by atoms with Crippen LogP contribution in [0.3, 0.4) is 0 Å². The number of carbonyl (C=O) groups is 1. The van der Waals surface area contributed by atoms with Crippen molar-refractivity contribution >= 4 is 6.03 Å². The third-order valence-electron chi connectivity index (χ3n) is 2.89. The van der Waals surface area contributed by atoms with Gasteiger partial charge in [0, 0.05) is 12.4 Å². The molecule has 2 aromatic heterocycles. The van der Waals surface area contributed by atoms with Crippen LogP contribution in [0.15, 0.2) is 18.5 Å². The molecule has 0 saturated heterocycles. The first-order valence-corrected chi connectivity index (χ1v) is 5.80. The summed E-state index contributed by atoms with van der Waals surface area (Å²) in [6.45, 7) is 6.07. The van der Waals surface area contributed by atoms with E-state index in [1.807, 2.05) is 20.8 Å². The summed E-state index contributed by atoms with van der Waals surface area (Å²) in [4.78, 5) is 12.2. The van der Waals surface area contributed by atoms with Crippen LogP contribution in [-0.2, 0) is 12.8 Å². The molecule has 90 valence electrons. The van der Waals surface area contributed by atoms with Crippen LogP contribution < -0.4 is 0 Å². The van der Waals surface area contributed by atoms with Crippen LogP contribution in [0.5, 0.6) is 0 Å². The lowest BCUT2D eigenvalue weighted by Gasteiger charge is -2.04. The second-order valence-corrected chi connectivity index (χ2v) is 3.87. The van der Waals surface area contributed by atoms with E-state index in [2.05, 4.69) is 10.2 Å². The van der Waals surface area contributed by atoms with Crippen molar-refractivity contribution in [2.24, 2.45) is 0 Å². The largest absolute Gasteiger partial charge is 0.369 e. The van der Waals surface area contributed by atoms with Gasteiger partial charge in [-0.3, -0.25) is 0 Å². The minimum atomic E-state index is -0.227. The Labute approximate surface area is 100 Å². The smallest absolute Gasteiger partial charge is 0.244 e. The molecule has 0 bridgehead atoms. The first kappa shape index (κ1) is 11.6. The summed E-state index contributed by atoms with van der Waals surface area (Å²) in [5.41, 5.74) is 3.04. The minimum absolute atomic E-state index is 0.227. The van der Waals surface area contributed by atoms with E-state index >= 15 is 0 Å². The van der Waals surface area contributed by atoms with Gasteiger partial charge in [-0.2, -0.15) is 19.6 Å². The summed E-state index contributed by atoms with van der Waals surface area (Å²) in [5.74, 6) is 0. The second kappa shape index (κ2) is 4.53. The van der Waals surface area contributed by atoms with Crippen LogP contribution in [0.4, 0.5) is 4.79 Å². The molecule has 0 radical (unpaired) electrons. The van der Waals surface area contributed by atoms with Crippen LogP contribution in [-0.4, -0.2) is 25.6 Å². The summed E-state index contributed by atoms with van der Waals surface area (Å²) in [7, 11) is 0. The molecule has 0 aliphatic heterocycles. The molecule has 5 nitrogen and oxygen atoms in total. The Morgan fingerprint density at radius 2 is 2.12 bits per heavy atom. The lowest BCUT2D eigenvalue weighted by Crippen LogP contribution is -2.23. The molecule has 5 heteroatoms. The first-order chi connectivity index (χ1) is 8.19. The topological polar surface area (TPSA) is 52.7 Å². The zero-order valence-electron chi connectivity index (χ0n) is 10.3. The number of rotatable bonds is 2. The first-order valence-electron chi connectivity index (χ1n) is 5.80. The molecule has 2 heterocycles. The van der Waals surface area contributed by atoms with Crippen molar-refractivity contribution in [2.75, 3.05) is 0 Å².